The molecule has 0 amide bonds. The van der Waals surface area contributed by atoms with Crippen molar-refractivity contribution in [2.75, 3.05) is 13.7 Å². The van der Waals surface area contributed by atoms with Crippen LogP contribution in [0.25, 0.3) is 0 Å². The zero-order valence-electron chi connectivity index (χ0n) is 9.65. The van der Waals surface area contributed by atoms with Crippen LogP contribution in [0.2, 0.25) is 0 Å². The molecule has 17 heavy (non-hydrogen) atoms. The molecule has 0 aliphatic rings. The molecule has 1 aromatic carbocycles. The zero-order valence-corrected chi connectivity index (χ0v) is 12.1. The fourth-order valence-corrected chi connectivity index (χ4v) is 1.93. The van der Waals surface area contributed by atoms with Gasteiger partial charge in [-0.25, -0.2) is 0 Å². The van der Waals surface area contributed by atoms with Gasteiger partial charge in [0.05, 0.1) is 11.6 Å². The highest BCUT2D eigenvalue weighted by Crippen LogP contribution is 2.37. The molecule has 0 saturated heterocycles. The van der Waals surface area contributed by atoms with E-state index in [1.807, 2.05) is 0 Å². The Labute approximate surface area is 116 Å². The van der Waals surface area contributed by atoms with Crippen LogP contribution in [-0.2, 0) is 0 Å². The highest BCUT2D eigenvalue weighted by molar-refractivity contribution is 9.10. The summed E-state index contributed by atoms with van der Waals surface area (Å²) in [6.45, 7) is 0.629. The standard InChI is InChI=1S/C11H17BrN2O2.ClH/c1-16-10-6-7(5-8(12)11(10)15)9(14)3-2-4-13;/h5-6,9,15H,2-4,13-14H2,1H3;1H/t9-;/m1./s1. The van der Waals surface area contributed by atoms with Gasteiger partial charge in [-0.15, -0.1) is 12.4 Å². The van der Waals surface area contributed by atoms with E-state index in [1.165, 1.54) is 7.11 Å². The van der Waals surface area contributed by atoms with Crippen molar-refractivity contribution in [1.82, 2.24) is 0 Å². The van der Waals surface area contributed by atoms with Gasteiger partial charge < -0.3 is 21.3 Å². The molecule has 0 heterocycles. The Balaban J connectivity index is 0.00000256. The molecule has 0 aromatic heterocycles. The molecular formula is C11H18BrClN2O2. The molecule has 1 rings (SSSR count). The van der Waals surface area contributed by atoms with Crippen LogP contribution in [0, 0.1) is 0 Å². The Hall–Kier alpha value is -0.490. The van der Waals surface area contributed by atoms with Crippen LogP contribution in [0.3, 0.4) is 0 Å². The molecular weight excluding hydrogens is 307 g/mol. The van der Waals surface area contributed by atoms with Crippen LogP contribution in [0.5, 0.6) is 11.5 Å². The van der Waals surface area contributed by atoms with Crippen molar-refractivity contribution < 1.29 is 9.84 Å². The van der Waals surface area contributed by atoms with Crippen LogP contribution >= 0.6 is 28.3 Å². The average Bonchev–Trinajstić information content (AvgIpc) is 2.29. The molecule has 0 saturated carbocycles. The molecule has 98 valence electrons. The molecule has 0 aliphatic heterocycles. The molecule has 0 bridgehead atoms. The molecule has 1 aromatic rings. The highest BCUT2D eigenvalue weighted by atomic mass is 79.9. The van der Waals surface area contributed by atoms with Crippen molar-refractivity contribution in [3.05, 3.63) is 22.2 Å². The number of rotatable bonds is 5. The fourth-order valence-electron chi connectivity index (χ4n) is 1.47. The summed E-state index contributed by atoms with van der Waals surface area (Å²) in [7, 11) is 1.51. The van der Waals surface area contributed by atoms with E-state index in [4.69, 9.17) is 16.2 Å². The van der Waals surface area contributed by atoms with Gasteiger partial charge >= 0.3 is 0 Å². The van der Waals surface area contributed by atoms with Crippen LogP contribution in [-0.4, -0.2) is 18.8 Å². The second kappa shape index (κ2) is 7.76. The smallest absolute Gasteiger partial charge is 0.172 e. The maximum atomic E-state index is 9.65. The summed E-state index contributed by atoms with van der Waals surface area (Å²) in [5.74, 6) is 0.518. The maximum absolute atomic E-state index is 9.65. The lowest BCUT2D eigenvalue weighted by Crippen LogP contribution is -2.12. The molecule has 6 heteroatoms. The van der Waals surface area contributed by atoms with E-state index in [1.54, 1.807) is 12.1 Å². The second-order valence-corrected chi connectivity index (χ2v) is 4.45. The topological polar surface area (TPSA) is 81.5 Å². The number of phenols is 1. The number of hydrogen-bond donors (Lipinski definition) is 3. The van der Waals surface area contributed by atoms with Gasteiger partial charge in [0.1, 0.15) is 0 Å². The van der Waals surface area contributed by atoms with Gasteiger partial charge in [0, 0.05) is 6.04 Å². The SMILES string of the molecule is COc1cc([C@H](N)CCCN)cc(Br)c1O.Cl. The first-order valence-electron chi connectivity index (χ1n) is 5.12. The van der Waals surface area contributed by atoms with Gasteiger partial charge in [-0.2, -0.15) is 0 Å². The van der Waals surface area contributed by atoms with E-state index in [9.17, 15) is 5.11 Å². The van der Waals surface area contributed by atoms with Crippen LogP contribution in [0.15, 0.2) is 16.6 Å². The molecule has 4 nitrogen and oxygen atoms in total. The number of methoxy groups -OCH3 is 1. The second-order valence-electron chi connectivity index (χ2n) is 3.59. The minimum atomic E-state index is -0.0886. The number of phenolic OH excluding ortho intramolecular Hbond substituents is 1. The van der Waals surface area contributed by atoms with E-state index >= 15 is 0 Å². The molecule has 0 radical (unpaired) electrons. The lowest BCUT2D eigenvalue weighted by Gasteiger charge is -2.14. The van der Waals surface area contributed by atoms with Crippen LogP contribution in [0.4, 0.5) is 0 Å². The van der Waals surface area contributed by atoms with E-state index in [0.29, 0.717) is 16.8 Å². The maximum Gasteiger partial charge on any atom is 0.172 e. The minimum Gasteiger partial charge on any atom is -0.503 e. The van der Waals surface area contributed by atoms with Crippen molar-refractivity contribution in [1.29, 1.82) is 0 Å². The van der Waals surface area contributed by atoms with Gasteiger partial charge in [0.2, 0.25) is 0 Å². The molecule has 0 unspecified atom stereocenters. The summed E-state index contributed by atoms with van der Waals surface area (Å²) < 4.78 is 5.65. The van der Waals surface area contributed by atoms with Crippen molar-refractivity contribution in [3.63, 3.8) is 0 Å². The third kappa shape index (κ3) is 4.35. The first kappa shape index (κ1) is 16.5. The van der Waals surface area contributed by atoms with Crippen LogP contribution in [0.1, 0.15) is 24.4 Å². The average molecular weight is 326 g/mol. The van der Waals surface area contributed by atoms with E-state index in [-0.39, 0.29) is 24.2 Å². The summed E-state index contributed by atoms with van der Waals surface area (Å²) in [5, 5.41) is 9.65. The molecule has 0 fully saturated rings. The minimum absolute atomic E-state index is 0. The molecule has 1 atom stereocenters. The lowest BCUT2D eigenvalue weighted by molar-refractivity contribution is 0.370. The van der Waals surface area contributed by atoms with Crippen molar-refractivity contribution in [3.8, 4) is 11.5 Å². The van der Waals surface area contributed by atoms with Crippen molar-refractivity contribution >= 4 is 28.3 Å². The third-order valence-corrected chi connectivity index (χ3v) is 3.02. The quantitative estimate of drug-likeness (QED) is 0.776. The third-order valence-electron chi connectivity index (χ3n) is 2.42. The fraction of sp³-hybridized carbons (Fsp3) is 0.455. The van der Waals surface area contributed by atoms with Gasteiger partial charge in [-0.1, -0.05) is 0 Å². The number of hydrogen-bond acceptors (Lipinski definition) is 4. The summed E-state index contributed by atoms with van der Waals surface area (Å²) >= 11 is 3.26. The monoisotopic (exact) mass is 324 g/mol. The van der Waals surface area contributed by atoms with Crippen LogP contribution < -0.4 is 16.2 Å². The Kier molecular flexibility index (Phi) is 7.54. The predicted octanol–water partition coefficient (Wildman–Crippen LogP) is 2.32. The Morgan fingerprint density at radius 1 is 1.47 bits per heavy atom. The normalized spacial score (nSPS) is 11.8. The highest BCUT2D eigenvalue weighted by Gasteiger charge is 2.12. The Morgan fingerprint density at radius 2 is 2.12 bits per heavy atom. The number of ether oxygens (including phenoxy) is 1. The number of benzene rings is 1. The number of nitrogens with two attached hydrogens (primary N) is 2. The lowest BCUT2D eigenvalue weighted by atomic mass is 10.0. The zero-order chi connectivity index (χ0) is 12.1. The van der Waals surface area contributed by atoms with Crippen molar-refractivity contribution in [2.24, 2.45) is 11.5 Å². The number of halogens is 2. The summed E-state index contributed by atoms with van der Waals surface area (Å²) in [6.07, 6.45) is 1.69. The van der Waals surface area contributed by atoms with Crippen molar-refractivity contribution in [2.45, 2.75) is 18.9 Å². The first-order valence-corrected chi connectivity index (χ1v) is 5.91. The summed E-state index contributed by atoms with van der Waals surface area (Å²) in [6, 6.07) is 3.47. The van der Waals surface area contributed by atoms with Gasteiger partial charge in [0.15, 0.2) is 11.5 Å². The summed E-state index contributed by atoms with van der Waals surface area (Å²) in [4.78, 5) is 0. The van der Waals surface area contributed by atoms with Gasteiger partial charge in [-0.3, -0.25) is 0 Å². The predicted molar refractivity (Wildman–Crippen MR) is 74.8 cm³/mol. The summed E-state index contributed by atoms with van der Waals surface area (Å²) in [5.41, 5.74) is 12.4. The van der Waals surface area contributed by atoms with Gasteiger partial charge in [0.25, 0.3) is 0 Å². The van der Waals surface area contributed by atoms with E-state index in [0.717, 1.165) is 18.4 Å². The molecule has 0 spiro atoms. The largest absolute Gasteiger partial charge is 0.503 e. The molecule has 5 N–H and O–H groups in total. The first-order chi connectivity index (χ1) is 7.60. The number of aromatic hydroxyl groups is 1. The molecule has 0 aliphatic carbocycles. The van der Waals surface area contributed by atoms with E-state index in [2.05, 4.69) is 15.9 Å². The Bertz CT molecular complexity index is 364. The van der Waals surface area contributed by atoms with Gasteiger partial charge in [-0.05, 0) is 53.0 Å². The van der Waals surface area contributed by atoms with E-state index < -0.39 is 0 Å². The Morgan fingerprint density at radius 3 is 2.65 bits per heavy atom.